The average molecular weight is 271 g/mol. The van der Waals surface area contributed by atoms with E-state index < -0.39 is 5.67 Å². The van der Waals surface area contributed by atoms with Gasteiger partial charge in [0.15, 0.2) is 5.67 Å². The number of nitrogens with two attached hydrogens (primary N) is 1. The summed E-state index contributed by atoms with van der Waals surface area (Å²) < 4.78 is 15.4. The number of hydrogen-bond acceptors (Lipinski definition) is 1. The Hall–Kier alpha value is -1.67. The summed E-state index contributed by atoms with van der Waals surface area (Å²) in [5.74, 6) is 0.550. The fourth-order valence-corrected chi connectivity index (χ4v) is 2.52. The molecule has 0 bridgehead atoms. The van der Waals surface area contributed by atoms with E-state index in [9.17, 15) is 0 Å². The lowest BCUT2D eigenvalue weighted by Crippen LogP contribution is -2.31. The molecular weight excluding hydrogens is 249 g/mol. The van der Waals surface area contributed by atoms with Gasteiger partial charge in [-0.2, -0.15) is 0 Å². The van der Waals surface area contributed by atoms with E-state index in [1.165, 1.54) is 0 Å². The van der Waals surface area contributed by atoms with Gasteiger partial charge in [0.1, 0.15) is 0 Å². The lowest BCUT2D eigenvalue weighted by Gasteiger charge is -2.25. The zero-order chi connectivity index (χ0) is 14.6. The fourth-order valence-electron chi connectivity index (χ4n) is 2.52. The van der Waals surface area contributed by atoms with Crippen LogP contribution in [0.3, 0.4) is 0 Å². The van der Waals surface area contributed by atoms with Crippen LogP contribution in [0.25, 0.3) is 0 Å². The van der Waals surface area contributed by atoms with Crippen LogP contribution in [-0.2, 0) is 12.1 Å². The molecule has 1 atom stereocenters. The van der Waals surface area contributed by atoms with Gasteiger partial charge >= 0.3 is 0 Å². The van der Waals surface area contributed by atoms with Crippen molar-refractivity contribution in [3.8, 4) is 0 Å². The van der Waals surface area contributed by atoms with Crippen molar-refractivity contribution in [3.05, 3.63) is 71.3 Å². The van der Waals surface area contributed by atoms with Crippen molar-refractivity contribution in [1.82, 2.24) is 0 Å². The molecule has 2 N–H and O–H groups in total. The molecule has 1 unspecified atom stereocenters. The van der Waals surface area contributed by atoms with Gasteiger partial charge in [-0.05, 0) is 29.0 Å². The van der Waals surface area contributed by atoms with Crippen LogP contribution in [0.2, 0.25) is 0 Å². The molecule has 0 aliphatic heterocycles. The van der Waals surface area contributed by atoms with Crippen LogP contribution in [0, 0.1) is 5.92 Å². The molecule has 2 aromatic carbocycles. The van der Waals surface area contributed by atoms with Crippen LogP contribution in [-0.4, -0.2) is 6.54 Å². The molecule has 0 aliphatic carbocycles. The number of rotatable bonds is 5. The number of benzene rings is 2. The van der Waals surface area contributed by atoms with Crippen molar-refractivity contribution < 1.29 is 4.39 Å². The Kier molecular flexibility index (Phi) is 4.56. The second kappa shape index (κ2) is 6.19. The first-order valence-electron chi connectivity index (χ1n) is 7.10. The SMILES string of the molecule is CC(C)Cc1cccc(C(F)(CN)c2ccccc2)c1. The van der Waals surface area contributed by atoms with E-state index in [0.717, 1.165) is 12.0 Å². The van der Waals surface area contributed by atoms with Crippen molar-refractivity contribution in [1.29, 1.82) is 0 Å². The summed E-state index contributed by atoms with van der Waals surface area (Å²) >= 11 is 0. The fraction of sp³-hybridized carbons (Fsp3) is 0.333. The predicted octanol–water partition coefficient (Wildman–Crippen LogP) is 4.06. The highest BCUT2D eigenvalue weighted by Crippen LogP contribution is 2.33. The Morgan fingerprint density at radius 1 is 1.00 bits per heavy atom. The third-order valence-corrected chi connectivity index (χ3v) is 3.54. The van der Waals surface area contributed by atoms with E-state index in [1.807, 2.05) is 42.5 Å². The minimum atomic E-state index is -1.62. The van der Waals surface area contributed by atoms with Gasteiger partial charge in [0.25, 0.3) is 0 Å². The van der Waals surface area contributed by atoms with E-state index in [-0.39, 0.29) is 6.54 Å². The van der Waals surface area contributed by atoms with Crippen molar-refractivity contribution in [2.75, 3.05) is 6.54 Å². The second-order valence-electron chi connectivity index (χ2n) is 5.67. The van der Waals surface area contributed by atoms with E-state index in [0.29, 0.717) is 17.0 Å². The van der Waals surface area contributed by atoms with Gasteiger partial charge in [0.05, 0.1) is 0 Å². The summed E-state index contributed by atoms with van der Waals surface area (Å²) in [7, 11) is 0. The molecule has 0 heterocycles. The van der Waals surface area contributed by atoms with Crippen molar-refractivity contribution in [2.24, 2.45) is 11.7 Å². The Balaban J connectivity index is 2.41. The maximum absolute atomic E-state index is 15.4. The molecule has 2 rings (SSSR count). The summed E-state index contributed by atoms with van der Waals surface area (Å²) in [5, 5.41) is 0. The first-order valence-corrected chi connectivity index (χ1v) is 7.10. The molecule has 0 amide bonds. The molecule has 2 aromatic rings. The van der Waals surface area contributed by atoms with Crippen LogP contribution < -0.4 is 5.73 Å². The maximum Gasteiger partial charge on any atom is 0.173 e. The molecule has 0 radical (unpaired) electrons. The average Bonchev–Trinajstić information content (AvgIpc) is 2.47. The van der Waals surface area contributed by atoms with Gasteiger partial charge in [0.2, 0.25) is 0 Å². The van der Waals surface area contributed by atoms with E-state index in [1.54, 1.807) is 12.1 Å². The monoisotopic (exact) mass is 271 g/mol. The molecule has 106 valence electrons. The molecule has 0 fully saturated rings. The molecule has 0 saturated heterocycles. The molecular formula is C18H22FN. The van der Waals surface area contributed by atoms with Crippen LogP contribution in [0.15, 0.2) is 54.6 Å². The Morgan fingerprint density at radius 3 is 2.25 bits per heavy atom. The van der Waals surface area contributed by atoms with Gasteiger partial charge in [0, 0.05) is 6.54 Å². The molecule has 0 spiro atoms. The van der Waals surface area contributed by atoms with Gasteiger partial charge in [-0.1, -0.05) is 68.4 Å². The Labute approximate surface area is 120 Å². The van der Waals surface area contributed by atoms with Crippen LogP contribution in [0.1, 0.15) is 30.5 Å². The molecule has 20 heavy (non-hydrogen) atoms. The zero-order valence-electron chi connectivity index (χ0n) is 12.1. The smallest absolute Gasteiger partial charge is 0.173 e. The summed E-state index contributed by atoms with van der Waals surface area (Å²) in [6, 6.07) is 16.9. The van der Waals surface area contributed by atoms with Crippen molar-refractivity contribution in [3.63, 3.8) is 0 Å². The highest BCUT2D eigenvalue weighted by molar-refractivity contribution is 5.38. The summed E-state index contributed by atoms with van der Waals surface area (Å²) in [5.41, 5.74) is 6.54. The first kappa shape index (κ1) is 14.7. The van der Waals surface area contributed by atoms with E-state index in [4.69, 9.17) is 5.73 Å². The van der Waals surface area contributed by atoms with Gasteiger partial charge in [-0.3, -0.25) is 0 Å². The standard InChI is InChI=1S/C18H22FN/c1-14(2)11-15-7-6-10-17(12-15)18(19,13-20)16-8-4-3-5-9-16/h3-10,12,14H,11,13,20H2,1-2H3. The van der Waals surface area contributed by atoms with Crippen molar-refractivity contribution >= 4 is 0 Å². The molecule has 0 saturated carbocycles. The van der Waals surface area contributed by atoms with Gasteiger partial charge in [-0.15, -0.1) is 0 Å². The second-order valence-corrected chi connectivity index (χ2v) is 5.67. The third kappa shape index (κ3) is 3.07. The van der Waals surface area contributed by atoms with Crippen LogP contribution >= 0.6 is 0 Å². The lowest BCUT2D eigenvalue weighted by molar-refractivity contribution is 0.232. The topological polar surface area (TPSA) is 26.0 Å². The maximum atomic E-state index is 15.4. The minimum absolute atomic E-state index is 0.0534. The summed E-state index contributed by atoms with van der Waals surface area (Å²) in [6.07, 6.45) is 0.948. The molecule has 0 aromatic heterocycles. The lowest BCUT2D eigenvalue weighted by atomic mass is 9.86. The first-order chi connectivity index (χ1) is 9.56. The largest absolute Gasteiger partial charge is 0.327 e. The number of alkyl halides is 1. The highest BCUT2D eigenvalue weighted by atomic mass is 19.1. The van der Waals surface area contributed by atoms with Crippen LogP contribution in [0.5, 0.6) is 0 Å². The number of halogens is 1. The summed E-state index contributed by atoms with van der Waals surface area (Å²) in [6.45, 7) is 4.27. The minimum Gasteiger partial charge on any atom is -0.327 e. The zero-order valence-corrected chi connectivity index (χ0v) is 12.1. The Bertz CT molecular complexity index is 550. The normalized spacial score (nSPS) is 14.2. The van der Waals surface area contributed by atoms with E-state index in [2.05, 4.69) is 13.8 Å². The van der Waals surface area contributed by atoms with Crippen molar-refractivity contribution in [2.45, 2.75) is 25.9 Å². The molecule has 1 nitrogen and oxygen atoms in total. The van der Waals surface area contributed by atoms with Gasteiger partial charge < -0.3 is 5.73 Å². The quantitative estimate of drug-likeness (QED) is 0.872. The van der Waals surface area contributed by atoms with Gasteiger partial charge in [-0.25, -0.2) is 4.39 Å². The third-order valence-electron chi connectivity index (χ3n) is 3.54. The van der Waals surface area contributed by atoms with E-state index >= 15 is 4.39 Å². The van der Waals surface area contributed by atoms with Crippen LogP contribution in [0.4, 0.5) is 4.39 Å². The Morgan fingerprint density at radius 2 is 1.65 bits per heavy atom. The summed E-state index contributed by atoms with van der Waals surface area (Å²) in [4.78, 5) is 0. The molecule has 0 aliphatic rings. The highest BCUT2D eigenvalue weighted by Gasteiger charge is 2.32. The molecule has 2 heteroatoms. The predicted molar refractivity (Wildman–Crippen MR) is 82.4 cm³/mol. The number of hydrogen-bond donors (Lipinski definition) is 1.